The zero-order valence-electron chi connectivity index (χ0n) is 12.0. The van der Waals surface area contributed by atoms with Gasteiger partial charge in [0, 0.05) is 5.75 Å². The van der Waals surface area contributed by atoms with E-state index < -0.39 is 12.0 Å². The zero-order valence-corrected chi connectivity index (χ0v) is 12.8. The predicted octanol–water partition coefficient (Wildman–Crippen LogP) is 2.05. The van der Waals surface area contributed by atoms with Gasteiger partial charge in [-0.25, -0.2) is 0 Å². The minimum absolute atomic E-state index is 0.465. The third-order valence-electron chi connectivity index (χ3n) is 2.99. The molecule has 0 aliphatic carbocycles. The summed E-state index contributed by atoms with van der Waals surface area (Å²) in [6, 6.07) is 3.12. The molecule has 112 valence electrons. The molecular weight excluding hydrogens is 278 g/mol. The van der Waals surface area contributed by atoms with Crippen molar-refractivity contribution in [1.82, 2.24) is 0 Å². The molecule has 0 saturated carbocycles. The van der Waals surface area contributed by atoms with E-state index in [0.29, 0.717) is 23.7 Å². The van der Waals surface area contributed by atoms with Gasteiger partial charge in [-0.15, -0.1) is 0 Å². The summed E-state index contributed by atoms with van der Waals surface area (Å²) in [5.74, 6) is 1.97. The first-order valence-corrected chi connectivity index (χ1v) is 7.42. The van der Waals surface area contributed by atoms with Crippen LogP contribution in [0.1, 0.15) is 17.5 Å². The Morgan fingerprint density at radius 3 is 2.50 bits per heavy atom. The quantitative estimate of drug-likeness (QED) is 0.715. The number of carboxylic acids is 1. The van der Waals surface area contributed by atoms with E-state index in [2.05, 4.69) is 0 Å². The summed E-state index contributed by atoms with van der Waals surface area (Å²) in [5.41, 5.74) is 7.73. The van der Waals surface area contributed by atoms with Gasteiger partial charge in [-0.1, -0.05) is 0 Å². The number of thioether (sulfide) groups is 1. The van der Waals surface area contributed by atoms with Crippen LogP contribution in [0.5, 0.6) is 11.5 Å². The lowest BCUT2D eigenvalue weighted by Crippen LogP contribution is -2.30. The summed E-state index contributed by atoms with van der Waals surface area (Å²) < 4.78 is 10.5. The Kier molecular flexibility index (Phi) is 6.67. The van der Waals surface area contributed by atoms with E-state index >= 15 is 0 Å². The smallest absolute Gasteiger partial charge is 0.320 e. The number of benzene rings is 1. The lowest BCUT2D eigenvalue weighted by molar-refractivity contribution is -0.138. The molecule has 1 unspecified atom stereocenters. The van der Waals surface area contributed by atoms with Gasteiger partial charge in [0.25, 0.3) is 0 Å². The van der Waals surface area contributed by atoms with Gasteiger partial charge < -0.3 is 20.3 Å². The monoisotopic (exact) mass is 299 g/mol. The van der Waals surface area contributed by atoms with Crippen LogP contribution >= 0.6 is 11.8 Å². The van der Waals surface area contributed by atoms with Crippen molar-refractivity contribution >= 4 is 17.7 Å². The Bertz CT molecular complexity index is 465. The number of nitrogens with two attached hydrogens (primary N) is 1. The van der Waals surface area contributed by atoms with Crippen molar-refractivity contribution in [3.63, 3.8) is 0 Å². The molecule has 3 N–H and O–H groups in total. The lowest BCUT2D eigenvalue weighted by Gasteiger charge is -2.13. The molecule has 0 saturated heterocycles. The molecule has 0 aliphatic rings. The molecule has 0 fully saturated rings. The number of methoxy groups -OCH3 is 2. The molecule has 5 nitrogen and oxygen atoms in total. The molecule has 0 spiro atoms. The normalized spacial score (nSPS) is 12.0. The van der Waals surface area contributed by atoms with Crippen LogP contribution in [0.4, 0.5) is 0 Å². The van der Waals surface area contributed by atoms with Crippen molar-refractivity contribution in [2.75, 3.05) is 20.0 Å². The topological polar surface area (TPSA) is 81.8 Å². The maximum Gasteiger partial charge on any atom is 0.320 e. The largest absolute Gasteiger partial charge is 0.493 e. The Morgan fingerprint density at radius 1 is 1.35 bits per heavy atom. The molecule has 1 rings (SSSR count). The highest BCUT2D eigenvalue weighted by atomic mass is 32.2. The van der Waals surface area contributed by atoms with Gasteiger partial charge >= 0.3 is 5.97 Å². The van der Waals surface area contributed by atoms with E-state index in [-0.39, 0.29) is 0 Å². The van der Waals surface area contributed by atoms with E-state index in [1.54, 1.807) is 26.0 Å². The molecule has 6 heteroatoms. The van der Waals surface area contributed by atoms with Crippen molar-refractivity contribution in [3.8, 4) is 11.5 Å². The molecule has 0 bridgehead atoms. The second kappa shape index (κ2) is 8.01. The average Bonchev–Trinajstić information content (AvgIpc) is 2.43. The van der Waals surface area contributed by atoms with E-state index in [0.717, 1.165) is 16.9 Å². The van der Waals surface area contributed by atoms with Gasteiger partial charge in [-0.3, -0.25) is 4.79 Å². The summed E-state index contributed by atoms with van der Waals surface area (Å²) in [4.78, 5) is 10.6. The summed E-state index contributed by atoms with van der Waals surface area (Å²) in [7, 11) is 3.22. The summed E-state index contributed by atoms with van der Waals surface area (Å²) in [5, 5.41) is 8.70. The van der Waals surface area contributed by atoms with Gasteiger partial charge in [0.15, 0.2) is 11.5 Å². The van der Waals surface area contributed by atoms with Gasteiger partial charge in [-0.05, 0) is 42.4 Å². The molecule has 0 radical (unpaired) electrons. The van der Waals surface area contributed by atoms with Gasteiger partial charge in [0.1, 0.15) is 6.04 Å². The number of aryl methyl sites for hydroxylation is 1. The van der Waals surface area contributed by atoms with Crippen LogP contribution in [0.25, 0.3) is 0 Å². The number of ether oxygens (including phenoxy) is 2. The second-order valence-corrected chi connectivity index (χ2v) is 5.52. The number of hydrogen-bond acceptors (Lipinski definition) is 5. The van der Waals surface area contributed by atoms with E-state index in [1.165, 1.54) is 0 Å². The molecule has 1 atom stereocenters. The third kappa shape index (κ3) is 4.61. The van der Waals surface area contributed by atoms with E-state index in [1.807, 2.05) is 19.1 Å². The van der Waals surface area contributed by atoms with Gasteiger partial charge in [-0.2, -0.15) is 11.8 Å². The first kappa shape index (κ1) is 16.7. The zero-order chi connectivity index (χ0) is 15.1. The van der Waals surface area contributed by atoms with Crippen molar-refractivity contribution in [1.29, 1.82) is 0 Å². The van der Waals surface area contributed by atoms with Crippen LogP contribution in [-0.2, 0) is 10.5 Å². The summed E-state index contributed by atoms with van der Waals surface area (Å²) >= 11 is 1.66. The number of aliphatic carboxylic acids is 1. The number of carboxylic acid groups (broad SMARTS) is 1. The first-order chi connectivity index (χ1) is 9.49. The predicted molar refractivity (Wildman–Crippen MR) is 80.7 cm³/mol. The fourth-order valence-electron chi connectivity index (χ4n) is 1.69. The minimum atomic E-state index is -0.951. The SMILES string of the molecule is COc1cc(C)c(CSCCC(N)C(=O)O)cc1OC. The average molecular weight is 299 g/mol. The second-order valence-electron chi connectivity index (χ2n) is 4.42. The van der Waals surface area contributed by atoms with E-state index in [9.17, 15) is 4.79 Å². The van der Waals surface area contributed by atoms with E-state index in [4.69, 9.17) is 20.3 Å². The maximum atomic E-state index is 10.6. The van der Waals surface area contributed by atoms with Crippen molar-refractivity contribution in [2.45, 2.75) is 25.1 Å². The van der Waals surface area contributed by atoms with Crippen molar-refractivity contribution < 1.29 is 19.4 Å². The van der Waals surface area contributed by atoms with Crippen molar-refractivity contribution in [3.05, 3.63) is 23.3 Å². The fraction of sp³-hybridized carbons (Fsp3) is 0.500. The molecule has 20 heavy (non-hydrogen) atoms. The molecular formula is C14H21NO4S. The third-order valence-corrected chi connectivity index (χ3v) is 4.03. The highest BCUT2D eigenvalue weighted by Gasteiger charge is 2.12. The number of carbonyl (C=O) groups is 1. The fourth-order valence-corrected chi connectivity index (χ4v) is 2.79. The minimum Gasteiger partial charge on any atom is -0.493 e. The van der Waals surface area contributed by atoms with Gasteiger partial charge in [0.2, 0.25) is 0 Å². The molecule has 1 aromatic carbocycles. The highest BCUT2D eigenvalue weighted by Crippen LogP contribution is 2.31. The molecule has 0 aromatic heterocycles. The summed E-state index contributed by atoms with van der Waals surface area (Å²) in [6.07, 6.45) is 0.465. The maximum absolute atomic E-state index is 10.6. The standard InChI is InChI=1S/C14H21NO4S/c1-9-6-12(18-2)13(19-3)7-10(9)8-20-5-4-11(15)14(16)17/h6-7,11H,4-5,8,15H2,1-3H3,(H,16,17). The van der Waals surface area contributed by atoms with Crippen molar-refractivity contribution in [2.24, 2.45) is 5.73 Å². The molecule has 0 amide bonds. The first-order valence-electron chi connectivity index (χ1n) is 6.27. The van der Waals surface area contributed by atoms with Crippen LogP contribution in [0, 0.1) is 6.92 Å². The van der Waals surface area contributed by atoms with Gasteiger partial charge in [0.05, 0.1) is 14.2 Å². The molecule has 1 aromatic rings. The van der Waals surface area contributed by atoms with Crippen LogP contribution in [0.3, 0.4) is 0 Å². The Morgan fingerprint density at radius 2 is 1.95 bits per heavy atom. The van der Waals surface area contributed by atoms with Crippen LogP contribution in [-0.4, -0.2) is 37.1 Å². The number of hydrogen-bond donors (Lipinski definition) is 2. The lowest BCUT2D eigenvalue weighted by atomic mass is 10.1. The van der Waals surface area contributed by atoms with Crippen LogP contribution in [0.2, 0.25) is 0 Å². The molecule has 0 aliphatic heterocycles. The molecule has 0 heterocycles. The van der Waals surface area contributed by atoms with Crippen LogP contribution in [0.15, 0.2) is 12.1 Å². The highest BCUT2D eigenvalue weighted by molar-refractivity contribution is 7.98. The van der Waals surface area contributed by atoms with Crippen LogP contribution < -0.4 is 15.2 Å². The number of rotatable bonds is 8. The summed E-state index contributed by atoms with van der Waals surface area (Å²) in [6.45, 7) is 2.01. The Balaban J connectivity index is 2.58. The Labute approximate surface area is 123 Å². The Hall–Kier alpha value is -1.40.